The first-order valence-corrected chi connectivity index (χ1v) is 14.3. The lowest BCUT2D eigenvalue weighted by Gasteiger charge is -2.36. The molecule has 1 fully saturated rings. The first-order valence-electron chi connectivity index (χ1n) is 13.5. The second-order valence-corrected chi connectivity index (χ2v) is 10.6. The summed E-state index contributed by atoms with van der Waals surface area (Å²) in [6, 6.07) is 23.7. The van der Waals surface area contributed by atoms with Crippen molar-refractivity contribution in [3.05, 3.63) is 112 Å². The molecular formula is C31H32Cl2N4O4. The quantitative estimate of drug-likeness (QED) is 0.208. The maximum Gasteiger partial charge on any atom is 0.315 e. The Morgan fingerprint density at radius 2 is 1.73 bits per heavy atom. The molecule has 3 aromatic carbocycles. The Labute approximate surface area is 249 Å². The van der Waals surface area contributed by atoms with Crippen LogP contribution in [0.5, 0.6) is 0 Å². The van der Waals surface area contributed by atoms with E-state index in [-0.39, 0.29) is 30.0 Å². The first kappa shape index (κ1) is 29.1. The first-order chi connectivity index (χ1) is 19.9. The van der Waals surface area contributed by atoms with Crippen molar-refractivity contribution in [1.29, 1.82) is 0 Å². The summed E-state index contributed by atoms with van der Waals surface area (Å²) in [6.07, 6.45) is 1.11. The van der Waals surface area contributed by atoms with Gasteiger partial charge in [0.05, 0.1) is 31.7 Å². The number of aromatic nitrogens is 2. The van der Waals surface area contributed by atoms with Crippen molar-refractivity contribution in [1.82, 2.24) is 20.2 Å². The lowest BCUT2D eigenvalue weighted by molar-refractivity contribution is -0.252. The number of amides is 2. The highest BCUT2D eigenvalue weighted by molar-refractivity contribution is 6.40. The van der Waals surface area contributed by atoms with Crippen LogP contribution in [0, 0.1) is 0 Å². The van der Waals surface area contributed by atoms with Crippen LogP contribution in [0.4, 0.5) is 4.79 Å². The summed E-state index contributed by atoms with van der Waals surface area (Å²) in [5, 5.41) is 15.7. The molecule has 1 aromatic heterocycles. The minimum Gasteiger partial charge on any atom is -0.392 e. The zero-order valence-corrected chi connectivity index (χ0v) is 24.1. The van der Waals surface area contributed by atoms with Crippen LogP contribution in [0.3, 0.4) is 0 Å². The summed E-state index contributed by atoms with van der Waals surface area (Å²) in [7, 11) is 0. The zero-order chi connectivity index (χ0) is 28.8. The molecule has 1 aliphatic rings. The van der Waals surface area contributed by atoms with E-state index in [2.05, 4.69) is 27.8 Å². The SMILES string of the molecule is CCNC(=O)NCc1cccc(-c2cccc(C3OC(Cn4cnc(Cl)c4Cl)CC(c4ccc(CO)cc4)O3)c2)c1. The number of hydrogen-bond donors (Lipinski definition) is 3. The smallest absolute Gasteiger partial charge is 0.315 e. The highest BCUT2D eigenvalue weighted by Gasteiger charge is 2.33. The molecule has 4 aromatic rings. The average molecular weight is 596 g/mol. The van der Waals surface area contributed by atoms with Crippen LogP contribution in [-0.2, 0) is 29.2 Å². The van der Waals surface area contributed by atoms with Gasteiger partial charge in [-0.15, -0.1) is 0 Å². The molecular weight excluding hydrogens is 563 g/mol. The number of urea groups is 1. The minimum absolute atomic E-state index is 0.0178. The molecule has 0 radical (unpaired) electrons. The Kier molecular flexibility index (Phi) is 9.59. The number of nitrogens with one attached hydrogen (secondary N) is 2. The maximum absolute atomic E-state index is 11.8. The number of halogens is 2. The number of hydrogen-bond acceptors (Lipinski definition) is 5. The van der Waals surface area contributed by atoms with Crippen molar-refractivity contribution in [3.63, 3.8) is 0 Å². The third kappa shape index (κ3) is 7.28. The predicted molar refractivity (Wildman–Crippen MR) is 158 cm³/mol. The van der Waals surface area contributed by atoms with E-state index in [4.69, 9.17) is 32.7 Å². The molecule has 3 N–H and O–H groups in total. The van der Waals surface area contributed by atoms with E-state index < -0.39 is 6.29 Å². The van der Waals surface area contributed by atoms with Gasteiger partial charge in [0.1, 0.15) is 5.15 Å². The van der Waals surface area contributed by atoms with Gasteiger partial charge >= 0.3 is 6.03 Å². The van der Waals surface area contributed by atoms with Gasteiger partial charge in [-0.25, -0.2) is 9.78 Å². The van der Waals surface area contributed by atoms with E-state index in [1.54, 1.807) is 10.9 Å². The largest absolute Gasteiger partial charge is 0.392 e. The third-order valence-corrected chi connectivity index (χ3v) is 7.73. The van der Waals surface area contributed by atoms with E-state index >= 15 is 0 Å². The summed E-state index contributed by atoms with van der Waals surface area (Å²) in [4.78, 5) is 15.9. The second-order valence-electron chi connectivity index (χ2n) is 9.87. The topological polar surface area (TPSA) is 97.6 Å². The molecule has 0 aliphatic carbocycles. The molecule has 10 heteroatoms. The Morgan fingerprint density at radius 1 is 0.976 bits per heavy atom. The van der Waals surface area contributed by atoms with E-state index in [0.29, 0.717) is 31.2 Å². The third-order valence-electron chi connectivity index (χ3n) is 6.96. The van der Waals surface area contributed by atoms with Crippen LogP contribution >= 0.6 is 23.2 Å². The van der Waals surface area contributed by atoms with E-state index in [0.717, 1.165) is 33.4 Å². The fraction of sp³-hybridized carbons (Fsp3) is 0.290. The lowest BCUT2D eigenvalue weighted by atomic mass is 9.98. The van der Waals surface area contributed by atoms with E-state index in [1.807, 2.05) is 67.6 Å². The fourth-order valence-electron chi connectivity index (χ4n) is 4.85. The predicted octanol–water partition coefficient (Wildman–Crippen LogP) is 6.41. The highest BCUT2D eigenvalue weighted by atomic mass is 35.5. The van der Waals surface area contributed by atoms with E-state index in [9.17, 15) is 9.90 Å². The zero-order valence-electron chi connectivity index (χ0n) is 22.6. The number of aliphatic hydroxyl groups excluding tert-OH is 1. The van der Waals surface area contributed by atoms with Crippen molar-refractivity contribution in [2.45, 2.75) is 51.5 Å². The highest BCUT2D eigenvalue weighted by Crippen LogP contribution is 2.39. The molecule has 41 heavy (non-hydrogen) atoms. The van der Waals surface area contributed by atoms with Gasteiger partial charge in [-0.2, -0.15) is 0 Å². The van der Waals surface area contributed by atoms with E-state index in [1.165, 1.54) is 0 Å². The molecule has 214 valence electrons. The van der Waals surface area contributed by atoms with Crippen molar-refractivity contribution in [3.8, 4) is 11.1 Å². The fourth-order valence-corrected chi connectivity index (χ4v) is 5.17. The van der Waals surface area contributed by atoms with Gasteiger partial charge in [0, 0.05) is 25.1 Å². The van der Waals surface area contributed by atoms with Gasteiger partial charge in [0.15, 0.2) is 11.4 Å². The number of rotatable bonds is 9. The molecule has 3 unspecified atom stereocenters. The summed E-state index contributed by atoms with van der Waals surface area (Å²) in [5.41, 5.74) is 5.73. The molecule has 1 aliphatic heterocycles. The van der Waals surface area contributed by atoms with Crippen LogP contribution in [0.2, 0.25) is 10.3 Å². The molecule has 0 saturated carbocycles. The number of aliphatic hydroxyl groups is 1. The van der Waals surface area contributed by atoms with Crippen LogP contribution in [0.25, 0.3) is 11.1 Å². The number of carbonyl (C=O) groups excluding carboxylic acids is 1. The molecule has 8 nitrogen and oxygen atoms in total. The monoisotopic (exact) mass is 594 g/mol. The number of carbonyl (C=O) groups is 1. The van der Waals surface area contributed by atoms with Gasteiger partial charge in [0.2, 0.25) is 0 Å². The van der Waals surface area contributed by atoms with Gasteiger partial charge in [-0.1, -0.05) is 83.9 Å². The Balaban J connectivity index is 1.39. The van der Waals surface area contributed by atoms with Gasteiger partial charge < -0.3 is 29.8 Å². The molecule has 5 rings (SSSR count). The number of ether oxygens (including phenoxy) is 2. The average Bonchev–Trinajstić information content (AvgIpc) is 3.32. The minimum atomic E-state index is -0.628. The van der Waals surface area contributed by atoms with Crippen LogP contribution in [0.15, 0.2) is 79.1 Å². The normalized spacial score (nSPS) is 18.7. The number of imidazole rings is 1. The molecule has 0 bridgehead atoms. The van der Waals surface area contributed by atoms with Crippen molar-refractivity contribution in [2.75, 3.05) is 6.54 Å². The van der Waals surface area contributed by atoms with Crippen molar-refractivity contribution in [2.24, 2.45) is 0 Å². The maximum atomic E-state index is 11.8. The molecule has 3 atom stereocenters. The Morgan fingerprint density at radius 3 is 2.44 bits per heavy atom. The summed E-state index contributed by atoms with van der Waals surface area (Å²) in [6.45, 7) is 3.32. The Hall–Kier alpha value is -3.40. The van der Waals surface area contributed by atoms with Crippen LogP contribution in [0.1, 0.15) is 48.0 Å². The van der Waals surface area contributed by atoms with Gasteiger partial charge in [0.25, 0.3) is 0 Å². The van der Waals surface area contributed by atoms with Crippen molar-refractivity contribution < 1.29 is 19.4 Å². The number of nitrogens with zero attached hydrogens (tertiary/aromatic N) is 2. The second kappa shape index (κ2) is 13.5. The van der Waals surface area contributed by atoms with Gasteiger partial charge in [-0.05, 0) is 46.9 Å². The molecule has 2 heterocycles. The number of benzene rings is 3. The van der Waals surface area contributed by atoms with Crippen LogP contribution in [-0.4, -0.2) is 33.3 Å². The molecule has 0 spiro atoms. The van der Waals surface area contributed by atoms with Crippen molar-refractivity contribution >= 4 is 29.2 Å². The summed E-state index contributed by atoms with van der Waals surface area (Å²) < 4.78 is 14.8. The summed E-state index contributed by atoms with van der Waals surface area (Å²) in [5.74, 6) is 0. The Bertz CT molecular complexity index is 1480. The standard InChI is InChI=1S/C31H32Cl2N4O4/c1-2-34-31(39)35-16-21-5-3-6-23(13-21)24-7-4-8-25(14-24)30-40-26(17-37-19-36-28(32)29(37)33)15-27(41-30)22-11-9-20(18-38)10-12-22/h3-14,19,26-27,30,38H,2,15-18H2,1H3,(H2,34,35,39). The molecule has 2 amide bonds. The lowest BCUT2D eigenvalue weighted by Crippen LogP contribution is -2.34. The molecule has 1 saturated heterocycles. The van der Waals surface area contributed by atoms with Crippen LogP contribution < -0.4 is 10.6 Å². The summed E-state index contributed by atoms with van der Waals surface area (Å²) >= 11 is 12.4. The van der Waals surface area contributed by atoms with Gasteiger partial charge in [-0.3, -0.25) is 0 Å².